The number of hydrogen-bond acceptors (Lipinski definition) is 2. The minimum absolute atomic E-state index is 0.205. The quantitative estimate of drug-likeness (QED) is 0.415. The first-order chi connectivity index (χ1) is 13.4. The Kier molecular flexibility index (Phi) is 3.87. The highest BCUT2D eigenvalue weighted by Gasteiger charge is 2.18. The average Bonchev–Trinajstić information content (AvgIpc) is 2.93. The van der Waals surface area contributed by atoms with Crippen LogP contribution >= 0.6 is 0 Å². The lowest BCUT2D eigenvalue weighted by Crippen LogP contribution is -2.03. The third kappa shape index (κ3) is 2.96. The molecule has 130 valence electrons. The summed E-state index contributed by atoms with van der Waals surface area (Å²) >= 11 is 0. The summed E-state index contributed by atoms with van der Waals surface area (Å²) in [5, 5.41) is 0. The van der Waals surface area contributed by atoms with Crippen molar-refractivity contribution in [2.45, 2.75) is 0 Å². The van der Waals surface area contributed by atoms with Crippen LogP contribution in [0, 0.1) is 0 Å². The van der Waals surface area contributed by atoms with Gasteiger partial charge in [-0.05, 0) is 46.5 Å². The van der Waals surface area contributed by atoms with Gasteiger partial charge in [-0.2, -0.15) is 0 Å². The Balaban J connectivity index is 1.58. The Hall–Kier alpha value is -3.52. The largest absolute Gasteiger partial charge is 0.457 e. The Morgan fingerprint density at radius 2 is 0.889 bits per heavy atom. The molecule has 0 saturated heterocycles. The molecule has 0 aliphatic carbocycles. The third-order valence-corrected chi connectivity index (χ3v) is 4.90. The van der Waals surface area contributed by atoms with Crippen LogP contribution in [0.3, 0.4) is 0 Å². The number of benzene rings is 4. The summed E-state index contributed by atoms with van der Waals surface area (Å²) in [7, 11) is 0. The molecule has 0 radical (unpaired) electrons. The molecule has 1 aliphatic rings. The van der Waals surface area contributed by atoms with Gasteiger partial charge in [0, 0.05) is 11.1 Å². The van der Waals surface area contributed by atoms with E-state index in [2.05, 4.69) is 60.7 Å². The zero-order valence-corrected chi connectivity index (χ0v) is 14.8. The van der Waals surface area contributed by atoms with Gasteiger partial charge in [0.2, 0.25) is 6.79 Å². The molecule has 2 nitrogen and oxygen atoms in total. The zero-order valence-electron chi connectivity index (χ0n) is 14.8. The van der Waals surface area contributed by atoms with Gasteiger partial charge in [-0.1, -0.05) is 72.8 Å². The Morgan fingerprint density at radius 3 is 1.33 bits per heavy atom. The lowest BCUT2D eigenvalue weighted by Gasteiger charge is -2.11. The smallest absolute Gasteiger partial charge is 0.230 e. The first kappa shape index (κ1) is 15.7. The molecule has 2 heteroatoms. The minimum Gasteiger partial charge on any atom is -0.457 e. The third-order valence-electron chi connectivity index (χ3n) is 4.90. The molecule has 5 rings (SSSR count). The van der Waals surface area contributed by atoms with E-state index in [0.717, 1.165) is 33.8 Å². The summed E-state index contributed by atoms with van der Waals surface area (Å²) in [6.07, 6.45) is 0. The van der Waals surface area contributed by atoms with E-state index in [-0.39, 0.29) is 6.79 Å². The fraction of sp³-hybridized carbons (Fsp3) is 0.0400. The second kappa shape index (κ2) is 6.65. The lowest BCUT2D eigenvalue weighted by molar-refractivity contribution is 0.125. The van der Waals surface area contributed by atoms with Crippen molar-refractivity contribution in [2.75, 3.05) is 6.79 Å². The Morgan fingerprint density at radius 1 is 0.444 bits per heavy atom. The Labute approximate surface area is 158 Å². The van der Waals surface area contributed by atoms with Gasteiger partial charge in [-0.3, -0.25) is 0 Å². The number of ether oxygens (including phenoxy) is 2. The number of rotatable bonds is 2. The second-order valence-corrected chi connectivity index (χ2v) is 6.56. The van der Waals surface area contributed by atoms with Gasteiger partial charge in [-0.15, -0.1) is 0 Å². The van der Waals surface area contributed by atoms with E-state index in [0.29, 0.717) is 0 Å². The molecule has 0 aromatic heterocycles. The summed E-state index contributed by atoms with van der Waals surface area (Å²) in [6.45, 7) is 0.205. The fourth-order valence-corrected chi connectivity index (χ4v) is 3.51. The molecule has 27 heavy (non-hydrogen) atoms. The number of fused-ring (bicyclic) bond motifs is 3. The van der Waals surface area contributed by atoms with Crippen molar-refractivity contribution in [3.8, 4) is 44.9 Å². The van der Waals surface area contributed by atoms with E-state index in [9.17, 15) is 0 Å². The van der Waals surface area contributed by atoms with Crippen molar-refractivity contribution in [2.24, 2.45) is 0 Å². The van der Waals surface area contributed by atoms with Crippen LogP contribution in [0.25, 0.3) is 33.4 Å². The predicted molar refractivity (Wildman–Crippen MR) is 109 cm³/mol. The minimum atomic E-state index is 0.205. The SMILES string of the molecule is c1ccc(-c2ccc3c(c2)OCOc2cc(-c4ccccc4)ccc2-3)cc1. The predicted octanol–water partition coefficient (Wildman–Crippen LogP) is 6.42. The van der Waals surface area contributed by atoms with Gasteiger partial charge in [-0.25, -0.2) is 0 Å². The summed E-state index contributed by atoms with van der Waals surface area (Å²) in [5.74, 6) is 1.70. The Bertz CT molecular complexity index is 997. The molecule has 4 aromatic rings. The fourth-order valence-electron chi connectivity index (χ4n) is 3.51. The first-order valence-electron chi connectivity index (χ1n) is 9.03. The van der Waals surface area contributed by atoms with E-state index >= 15 is 0 Å². The molecular formula is C25H18O2. The van der Waals surface area contributed by atoms with Crippen LogP contribution in [0.4, 0.5) is 0 Å². The maximum absolute atomic E-state index is 5.92. The molecule has 4 aromatic carbocycles. The van der Waals surface area contributed by atoms with Gasteiger partial charge in [0.25, 0.3) is 0 Å². The van der Waals surface area contributed by atoms with E-state index in [1.165, 1.54) is 11.1 Å². The molecule has 0 spiro atoms. The standard InChI is InChI=1S/C25H18O2/c1-3-7-18(8-4-1)20-11-13-22-23-14-12-21(19-9-5-2-6-10-19)16-25(23)27-17-26-24(22)15-20/h1-16H,17H2. The molecule has 0 saturated carbocycles. The van der Waals surface area contributed by atoms with Gasteiger partial charge >= 0.3 is 0 Å². The van der Waals surface area contributed by atoms with Crippen LogP contribution in [0.2, 0.25) is 0 Å². The monoisotopic (exact) mass is 350 g/mol. The summed E-state index contributed by atoms with van der Waals surface area (Å²) in [5.41, 5.74) is 6.74. The molecular weight excluding hydrogens is 332 g/mol. The highest BCUT2D eigenvalue weighted by atomic mass is 16.7. The molecule has 0 bridgehead atoms. The molecule has 0 N–H and O–H groups in total. The molecule has 0 amide bonds. The van der Waals surface area contributed by atoms with Crippen molar-refractivity contribution in [3.63, 3.8) is 0 Å². The van der Waals surface area contributed by atoms with Crippen LogP contribution in [-0.2, 0) is 0 Å². The van der Waals surface area contributed by atoms with E-state index in [4.69, 9.17) is 9.47 Å². The molecule has 1 aliphatic heterocycles. The first-order valence-corrected chi connectivity index (χ1v) is 9.03. The van der Waals surface area contributed by atoms with Crippen LogP contribution in [0.1, 0.15) is 0 Å². The van der Waals surface area contributed by atoms with Crippen molar-refractivity contribution in [3.05, 3.63) is 97.1 Å². The molecule has 1 heterocycles. The van der Waals surface area contributed by atoms with Crippen LogP contribution < -0.4 is 9.47 Å². The topological polar surface area (TPSA) is 18.5 Å². The number of hydrogen-bond donors (Lipinski definition) is 0. The summed E-state index contributed by atoms with van der Waals surface area (Å²) < 4.78 is 11.8. The van der Waals surface area contributed by atoms with E-state index in [1.54, 1.807) is 0 Å². The van der Waals surface area contributed by atoms with Gasteiger partial charge in [0.05, 0.1) is 0 Å². The molecule has 0 fully saturated rings. The maximum Gasteiger partial charge on any atom is 0.230 e. The summed E-state index contributed by atoms with van der Waals surface area (Å²) in [6, 6.07) is 33.4. The van der Waals surface area contributed by atoms with Crippen molar-refractivity contribution < 1.29 is 9.47 Å². The van der Waals surface area contributed by atoms with E-state index in [1.807, 2.05) is 36.4 Å². The van der Waals surface area contributed by atoms with Gasteiger partial charge < -0.3 is 9.47 Å². The van der Waals surface area contributed by atoms with Crippen molar-refractivity contribution in [1.29, 1.82) is 0 Å². The van der Waals surface area contributed by atoms with Crippen LogP contribution in [0.15, 0.2) is 97.1 Å². The summed E-state index contributed by atoms with van der Waals surface area (Å²) in [4.78, 5) is 0. The van der Waals surface area contributed by atoms with Crippen molar-refractivity contribution in [1.82, 2.24) is 0 Å². The van der Waals surface area contributed by atoms with Gasteiger partial charge in [0.15, 0.2) is 0 Å². The van der Waals surface area contributed by atoms with Crippen molar-refractivity contribution >= 4 is 0 Å². The maximum atomic E-state index is 5.92. The zero-order chi connectivity index (χ0) is 18.1. The molecule has 0 unspecified atom stereocenters. The normalized spacial score (nSPS) is 12.1. The molecule has 0 atom stereocenters. The average molecular weight is 350 g/mol. The lowest BCUT2D eigenvalue weighted by atomic mass is 9.96. The van der Waals surface area contributed by atoms with Crippen LogP contribution in [0.5, 0.6) is 11.5 Å². The highest BCUT2D eigenvalue weighted by molar-refractivity contribution is 5.82. The van der Waals surface area contributed by atoms with E-state index < -0.39 is 0 Å². The second-order valence-electron chi connectivity index (χ2n) is 6.56. The highest BCUT2D eigenvalue weighted by Crippen LogP contribution is 2.42. The van der Waals surface area contributed by atoms with Crippen LogP contribution in [-0.4, -0.2) is 6.79 Å². The van der Waals surface area contributed by atoms with Gasteiger partial charge in [0.1, 0.15) is 11.5 Å².